The molecule has 31 heavy (non-hydrogen) atoms. The fourth-order valence-electron chi connectivity index (χ4n) is 3.22. The van der Waals surface area contributed by atoms with Gasteiger partial charge in [-0.1, -0.05) is 18.2 Å². The van der Waals surface area contributed by atoms with Crippen molar-refractivity contribution in [2.45, 2.75) is 6.54 Å². The van der Waals surface area contributed by atoms with E-state index >= 15 is 0 Å². The molecule has 0 N–H and O–H groups in total. The highest BCUT2D eigenvalue weighted by Crippen LogP contribution is 2.28. The van der Waals surface area contributed by atoms with Gasteiger partial charge in [-0.3, -0.25) is 14.4 Å². The van der Waals surface area contributed by atoms with Crippen molar-refractivity contribution >= 4 is 40.7 Å². The van der Waals surface area contributed by atoms with Crippen LogP contribution in [0.25, 0.3) is 0 Å². The number of fused-ring (bicyclic) bond motifs is 1. The molecule has 0 unspecified atom stereocenters. The number of carbonyl (C=O) groups excluding carboxylic acids is 4. The zero-order valence-electron chi connectivity index (χ0n) is 16.6. The molecule has 3 aromatic rings. The van der Waals surface area contributed by atoms with Gasteiger partial charge in [-0.25, -0.2) is 9.69 Å². The maximum Gasteiger partial charge on any atom is 0.338 e. The van der Waals surface area contributed by atoms with Crippen LogP contribution in [0.15, 0.2) is 66.0 Å². The van der Waals surface area contributed by atoms with Crippen molar-refractivity contribution in [1.82, 2.24) is 4.90 Å². The van der Waals surface area contributed by atoms with Crippen molar-refractivity contribution in [3.63, 3.8) is 0 Å². The van der Waals surface area contributed by atoms with E-state index in [4.69, 9.17) is 4.74 Å². The van der Waals surface area contributed by atoms with E-state index in [9.17, 15) is 19.2 Å². The van der Waals surface area contributed by atoms with Gasteiger partial charge in [0, 0.05) is 11.9 Å². The summed E-state index contributed by atoms with van der Waals surface area (Å²) in [6, 6.07) is 16.4. The zero-order chi connectivity index (χ0) is 22.0. The van der Waals surface area contributed by atoms with Gasteiger partial charge in [0.2, 0.25) is 0 Å². The lowest BCUT2D eigenvalue weighted by atomic mass is 10.1. The standard InChI is InChI=1S/C23H18N2O5S/c1-24(13-17-5-4-12-31-17)20(26)14-30-23(29)15-8-10-16(11-9-15)25-21(27)18-6-2-3-7-19(18)22(25)28/h2-12H,13-14H2,1H3. The molecular weight excluding hydrogens is 416 g/mol. The third-order valence-corrected chi connectivity index (χ3v) is 5.74. The summed E-state index contributed by atoms with van der Waals surface area (Å²) in [5.74, 6) is -1.79. The minimum atomic E-state index is -0.660. The van der Waals surface area contributed by atoms with Crippen molar-refractivity contribution in [3.8, 4) is 0 Å². The van der Waals surface area contributed by atoms with Crippen LogP contribution in [0.3, 0.4) is 0 Å². The molecule has 1 aromatic heterocycles. The number of hydrogen-bond acceptors (Lipinski definition) is 6. The van der Waals surface area contributed by atoms with Crippen LogP contribution in [0.2, 0.25) is 0 Å². The summed E-state index contributed by atoms with van der Waals surface area (Å²) in [6.07, 6.45) is 0. The third kappa shape index (κ3) is 4.10. The number of rotatable bonds is 6. The smallest absolute Gasteiger partial charge is 0.338 e. The van der Waals surface area contributed by atoms with Crippen LogP contribution in [0.4, 0.5) is 5.69 Å². The molecule has 0 aliphatic carbocycles. The minimum Gasteiger partial charge on any atom is -0.452 e. The molecule has 7 nitrogen and oxygen atoms in total. The molecule has 156 valence electrons. The van der Waals surface area contributed by atoms with Gasteiger partial charge in [0.05, 0.1) is 28.9 Å². The van der Waals surface area contributed by atoms with Gasteiger partial charge in [-0.15, -0.1) is 11.3 Å². The van der Waals surface area contributed by atoms with Crippen molar-refractivity contribution in [2.75, 3.05) is 18.6 Å². The van der Waals surface area contributed by atoms with Gasteiger partial charge in [-0.2, -0.15) is 0 Å². The number of ether oxygens (including phenoxy) is 1. The Morgan fingerprint density at radius 2 is 1.58 bits per heavy atom. The molecule has 2 heterocycles. The third-order valence-electron chi connectivity index (χ3n) is 4.88. The second-order valence-corrected chi connectivity index (χ2v) is 7.98. The number of hydrogen-bond donors (Lipinski definition) is 0. The van der Waals surface area contributed by atoms with E-state index in [1.165, 1.54) is 29.2 Å². The molecule has 0 atom stereocenters. The molecule has 0 radical (unpaired) electrons. The Morgan fingerprint density at radius 1 is 0.935 bits per heavy atom. The minimum absolute atomic E-state index is 0.217. The van der Waals surface area contributed by atoms with Crippen molar-refractivity contribution in [2.24, 2.45) is 0 Å². The molecular formula is C23H18N2O5S. The highest BCUT2D eigenvalue weighted by Gasteiger charge is 2.36. The summed E-state index contributed by atoms with van der Waals surface area (Å²) in [6.45, 7) is 0.0733. The first-order valence-electron chi connectivity index (χ1n) is 9.47. The number of benzene rings is 2. The van der Waals surface area contributed by atoms with Crippen LogP contribution >= 0.6 is 11.3 Å². The highest BCUT2D eigenvalue weighted by molar-refractivity contribution is 7.09. The van der Waals surface area contributed by atoms with Crippen molar-refractivity contribution in [3.05, 3.63) is 87.6 Å². The first kappa shape index (κ1) is 20.5. The summed E-state index contributed by atoms with van der Waals surface area (Å²) in [5, 5.41) is 1.93. The van der Waals surface area contributed by atoms with E-state index in [1.54, 1.807) is 42.6 Å². The van der Waals surface area contributed by atoms with Gasteiger partial charge in [0.25, 0.3) is 17.7 Å². The van der Waals surface area contributed by atoms with Crippen LogP contribution in [-0.4, -0.2) is 42.2 Å². The molecule has 4 rings (SSSR count). The van der Waals surface area contributed by atoms with Gasteiger partial charge in [0.1, 0.15) is 0 Å². The molecule has 8 heteroatoms. The van der Waals surface area contributed by atoms with Gasteiger partial charge in [-0.05, 0) is 47.8 Å². The molecule has 2 aromatic carbocycles. The lowest BCUT2D eigenvalue weighted by Gasteiger charge is -2.16. The zero-order valence-corrected chi connectivity index (χ0v) is 17.4. The Morgan fingerprint density at radius 3 is 2.16 bits per heavy atom. The number of nitrogens with zero attached hydrogens (tertiary/aromatic N) is 2. The number of anilines is 1. The van der Waals surface area contributed by atoms with Crippen molar-refractivity contribution in [1.29, 1.82) is 0 Å². The number of likely N-dealkylation sites (N-methyl/N-ethyl adjacent to an activating group) is 1. The molecule has 0 bridgehead atoms. The van der Waals surface area contributed by atoms with E-state index < -0.39 is 17.8 Å². The topological polar surface area (TPSA) is 84.0 Å². The average molecular weight is 434 g/mol. The van der Waals surface area contributed by atoms with Crippen LogP contribution < -0.4 is 4.90 Å². The molecule has 0 spiro atoms. The summed E-state index contributed by atoms with van der Waals surface area (Å²) < 4.78 is 5.11. The molecule has 1 aliphatic heterocycles. The first-order valence-corrected chi connectivity index (χ1v) is 10.3. The van der Waals surface area contributed by atoms with Crippen LogP contribution in [0, 0.1) is 0 Å². The summed E-state index contributed by atoms with van der Waals surface area (Å²) >= 11 is 1.54. The Balaban J connectivity index is 1.37. The predicted octanol–water partition coefficient (Wildman–Crippen LogP) is 3.36. The second-order valence-electron chi connectivity index (χ2n) is 6.94. The largest absolute Gasteiger partial charge is 0.452 e. The van der Waals surface area contributed by atoms with E-state index in [2.05, 4.69) is 0 Å². The number of amides is 3. The fraction of sp³-hybridized carbons (Fsp3) is 0.130. The van der Waals surface area contributed by atoms with Gasteiger partial charge >= 0.3 is 5.97 Å². The predicted molar refractivity (Wildman–Crippen MR) is 115 cm³/mol. The lowest BCUT2D eigenvalue weighted by Crippen LogP contribution is -2.30. The Hall–Kier alpha value is -3.78. The average Bonchev–Trinajstić information content (AvgIpc) is 3.38. The van der Waals surface area contributed by atoms with Crippen LogP contribution in [-0.2, 0) is 16.1 Å². The number of thiophene rings is 1. The number of esters is 1. The maximum absolute atomic E-state index is 12.6. The monoisotopic (exact) mass is 434 g/mol. The molecule has 0 fully saturated rings. The SMILES string of the molecule is CN(Cc1cccs1)C(=O)COC(=O)c1ccc(N2C(=O)c3ccccc3C2=O)cc1. The molecule has 1 aliphatic rings. The van der Waals surface area contributed by atoms with E-state index in [1.807, 2.05) is 17.5 Å². The summed E-state index contributed by atoms with van der Waals surface area (Å²) in [4.78, 5) is 53.2. The van der Waals surface area contributed by atoms with E-state index in [-0.39, 0.29) is 18.1 Å². The summed E-state index contributed by atoms with van der Waals surface area (Å²) in [7, 11) is 1.65. The summed E-state index contributed by atoms with van der Waals surface area (Å²) in [5.41, 5.74) is 1.27. The Labute approximate surface area is 182 Å². The molecule has 3 amide bonds. The normalized spacial score (nSPS) is 12.6. The number of imide groups is 1. The first-order chi connectivity index (χ1) is 15.0. The van der Waals surface area contributed by atoms with E-state index in [0.717, 1.165) is 9.78 Å². The van der Waals surface area contributed by atoms with Gasteiger partial charge in [0.15, 0.2) is 6.61 Å². The van der Waals surface area contributed by atoms with Crippen LogP contribution in [0.1, 0.15) is 36.0 Å². The molecule has 0 saturated carbocycles. The quantitative estimate of drug-likeness (QED) is 0.439. The van der Waals surface area contributed by atoms with E-state index in [0.29, 0.717) is 23.4 Å². The van der Waals surface area contributed by atoms with Crippen molar-refractivity contribution < 1.29 is 23.9 Å². The van der Waals surface area contributed by atoms with Gasteiger partial charge < -0.3 is 9.64 Å². The molecule has 0 saturated heterocycles. The Kier molecular flexibility index (Phi) is 5.64. The highest BCUT2D eigenvalue weighted by atomic mass is 32.1. The maximum atomic E-state index is 12.6. The Bertz CT molecular complexity index is 1120. The van der Waals surface area contributed by atoms with Crippen LogP contribution in [0.5, 0.6) is 0 Å². The lowest BCUT2D eigenvalue weighted by molar-refractivity contribution is -0.133. The number of carbonyl (C=O) groups is 4. The fourth-order valence-corrected chi connectivity index (χ4v) is 3.97. The second kappa shape index (κ2) is 8.53.